The van der Waals surface area contributed by atoms with E-state index in [1.54, 1.807) is 38.1 Å². The van der Waals surface area contributed by atoms with Crippen molar-refractivity contribution in [3.63, 3.8) is 0 Å². The average Bonchev–Trinajstić information content (AvgIpc) is 2.98. The van der Waals surface area contributed by atoms with E-state index in [9.17, 15) is 19.5 Å². The largest absolute Gasteiger partial charge is 0.497 e. The number of rotatable bonds is 11. The molecule has 0 saturated heterocycles. The Morgan fingerprint density at radius 2 is 1.70 bits per heavy atom. The Hall–Kier alpha value is -4.86. The van der Waals surface area contributed by atoms with E-state index < -0.39 is 23.3 Å². The first-order valence-electron chi connectivity index (χ1n) is 14.5. The SMILES string of the molecule is COc1ccc(C[C@H](Nc2nc3ccc(CN(C(=O)O)C(C)(C)C)c(C)c3c(=O)o2)C(=O)N(C)CCc2ccccc2)cc1. The van der Waals surface area contributed by atoms with Gasteiger partial charge in [0.2, 0.25) is 5.91 Å². The number of fused-ring (bicyclic) bond motifs is 1. The van der Waals surface area contributed by atoms with Crippen LogP contribution in [-0.2, 0) is 24.2 Å². The summed E-state index contributed by atoms with van der Waals surface area (Å²) in [5.41, 5.74) is 2.41. The van der Waals surface area contributed by atoms with Crippen LogP contribution in [0.5, 0.6) is 5.75 Å². The minimum atomic E-state index is -1.05. The monoisotopic (exact) mass is 600 g/mol. The van der Waals surface area contributed by atoms with E-state index in [0.717, 1.165) is 11.1 Å². The molecule has 232 valence electrons. The van der Waals surface area contributed by atoms with E-state index in [1.807, 2.05) is 75.4 Å². The van der Waals surface area contributed by atoms with E-state index in [4.69, 9.17) is 9.15 Å². The van der Waals surface area contributed by atoms with Crippen molar-refractivity contribution in [1.82, 2.24) is 14.8 Å². The topological polar surface area (TPSA) is 125 Å². The fraction of sp³-hybridized carbons (Fsp3) is 0.353. The average molecular weight is 601 g/mol. The van der Waals surface area contributed by atoms with E-state index in [0.29, 0.717) is 41.8 Å². The van der Waals surface area contributed by atoms with Gasteiger partial charge in [0.15, 0.2) is 0 Å². The van der Waals surface area contributed by atoms with E-state index in [-0.39, 0.29) is 23.9 Å². The van der Waals surface area contributed by atoms with Crippen molar-refractivity contribution in [1.29, 1.82) is 0 Å². The third-order valence-corrected chi connectivity index (χ3v) is 7.69. The number of carbonyl (C=O) groups is 2. The molecule has 10 heteroatoms. The first-order valence-corrected chi connectivity index (χ1v) is 14.5. The number of nitrogens with zero attached hydrogens (tertiary/aromatic N) is 3. The number of carboxylic acid groups (broad SMARTS) is 1. The van der Waals surface area contributed by atoms with Gasteiger partial charge in [0.1, 0.15) is 11.8 Å². The normalized spacial score (nSPS) is 12.0. The summed E-state index contributed by atoms with van der Waals surface area (Å²) in [6.07, 6.45) is -0.0433. The highest BCUT2D eigenvalue weighted by molar-refractivity contribution is 5.86. The Labute approximate surface area is 257 Å². The zero-order chi connectivity index (χ0) is 32.0. The minimum Gasteiger partial charge on any atom is -0.497 e. The molecular weight excluding hydrogens is 560 g/mol. The highest BCUT2D eigenvalue weighted by atomic mass is 16.5. The summed E-state index contributed by atoms with van der Waals surface area (Å²) in [5.74, 6) is 0.527. The number of hydrogen-bond acceptors (Lipinski definition) is 7. The predicted octanol–water partition coefficient (Wildman–Crippen LogP) is 5.51. The van der Waals surface area contributed by atoms with Gasteiger partial charge >= 0.3 is 11.7 Å². The molecule has 0 saturated carbocycles. The number of likely N-dealkylation sites (N-methyl/N-ethyl adjacent to an activating group) is 1. The molecule has 0 unspecified atom stereocenters. The van der Waals surface area contributed by atoms with E-state index >= 15 is 0 Å². The maximum absolute atomic E-state index is 13.7. The molecule has 4 rings (SSSR count). The molecule has 1 aromatic heterocycles. The molecule has 1 heterocycles. The van der Waals surface area contributed by atoms with Crippen LogP contribution in [0.4, 0.5) is 10.8 Å². The molecule has 0 radical (unpaired) electrons. The molecule has 0 spiro atoms. The molecule has 4 aromatic rings. The standard InChI is InChI=1S/C34H40N4O6/c1-22-25(21-38(33(41)42)34(2,3)4)14-17-27-29(22)31(40)44-32(35-27)36-28(20-24-12-15-26(43-6)16-13-24)30(39)37(5)19-18-23-10-8-7-9-11-23/h7-17,28H,18-21H2,1-6H3,(H,35,36)(H,41,42)/t28-/m0/s1. The van der Waals surface area contributed by atoms with Crippen molar-refractivity contribution in [2.24, 2.45) is 0 Å². The van der Waals surface area contributed by atoms with Crippen LogP contribution in [-0.4, -0.2) is 64.2 Å². The maximum Gasteiger partial charge on any atom is 0.408 e. The lowest BCUT2D eigenvalue weighted by molar-refractivity contribution is -0.130. The summed E-state index contributed by atoms with van der Waals surface area (Å²) in [7, 11) is 3.34. The smallest absolute Gasteiger partial charge is 0.408 e. The van der Waals surface area contributed by atoms with Gasteiger partial charge in [0, 0.05) is 32.1 Å². The zero-order valence-electron chi connectivity index (χ0n) is 26.1. The van der Waals surface area contributed by atoms with Gasteiger partial charge in [-0.1, -0.05) is 48.5 Å². The molecule has 0 bridgehead atoms. The van der Waals surface area contributed by atoms with Crippen molar-refractivity contribution < 1.29 is 23.8 Å². The lowest BCUT2D eigenvalue weighted by Gasteiger charge is -2.33. The molecule has 44 heavy (non-hydrogen) atoms. The molecule has 1 atom stereocenters. The predicted molar refractivity (Wildman–Crippen MR) is 170 cm³/mol. The van der Waals surface area contributed by atoms with Gasteiger partial charge < -0.3 is 24.5 Å². The summed E-state index contributed by atoms with van der Waals surface area (Å²) in [6.45, 7) is 7.80. The quantitative estimate of drug-likeness (QED) is 0.231. The highest BCUT2D eigenvalue weighted by Gasteiger charge is 2.28. The third kappa shape index (κ3) is 7.75. The van der Waals surface area contributed by atoms with Crippen LogP contribution >= 0.6 is 0 Å². The Morgan fingerprint density at radius 3 is 2.32 bits per heavy atom. The second kappa shape index (κ2) is 13.6. The van der Waals surface area contributed by atoms with Crippen LogP contribution < -0.4 is 15.7 Å². The summed E-state index contributed by atoms with van der Waals surface area (Å²) >= 11 is 0. The Morgan fingerprint density at radius 1 is 1.02 bits per heavy atom. The fourth-order valence-corrected chi connectivity index (χ4v) is 5.02. The van der Waals surface area contributed by atoms with Gasteiger partial charge in [-0.2, -0.15) is 4.98 Å². The zero-order valence-corrected chi connectivity index (χ0v) is 26.1. The second-order valence-electron chi connectivity index (χ2n) is 11.8. The lowest BCUT2D eigenvalue weighted by atomic mass is 10.0. The lowest BCUT2D eigenvalue weighted by Crippen LogP contribution is -2.44. The van der Waals surface area contributed by atoms with Crippen molar-refractivity contribution >= 4 is 28.9 Å². The Kier molecular flexibility index (Phi) is 9.93. The summed E-state index contributed by atoms with van der Waals surface area (Å²) < 4.78 is 10.9. The number of anilines is 1. The number of nitrogens with one attached hydrogen (secondary N) is 1. The van der Waals surface area contributed by atoms with Crippen molar-refractivity contribution in [2.75, 3.05) is 26.0 Å². The van der Waals surface area contributed by atoms with Gasteiger partial charge in [0.05, 0.1) is 18.0 Å². The van der Waals surface area contributed by atoms with Crippen LogP contribution in [0, 0.1) is 6.92 Å². The number of carbonyl (C=O) groups excluding carboxylic acids is 1. The minimum absolute atomic E-state index is 0.0696. The van der Waals surface area contributed by atoms with E-state index in [1.165, 1.54) is 4.90 Å². The first kappa shape index (κ1) is 32.1. The van der Waals surface area contributed by atoms with Crippen LogP contribution in [0.2, 0.25) is 0 Å². The number of aromatic nitrogens is 1. The summed E-state index contributed by atoms with van der Waals surface area (Å²) in [5, 5.41) is 13.1. The molecular formula is C34H40N4O6. The highest BCUT2D eigenvalue weighted by Crippen LogP contribution is 2.24. The Bertz CT molecular complexity index is 1660. The fourth-order valence-electron chi connectivity index (χ4n) is 5.02. The van der Waals surface area contributed by atoms with Gasteiger partial charge in [-0.25, -0.2) is 9.59 Å². The molecule has 0 aliphatic carbocycles. The van der Waals surface area contributed by atoms with Crippen molar-refractivity contribution in [3.05, 3.63) is 99.4 Å². The number of hydrogen-bond donors (Lipinski definition) is 2. The number of ether oxygens (including phenoxy) is 1. The second-order valence-corrected chi connectivity index (χ2v) is 11.8. The van der Waals surface area contributed by atoms with Crippen molar-refractivity contribution in [2.45, 2.75) is 58.7 Å². The number of aryl methyl sites for hydroxylation is 1. The molecule has 0 fully saturated rings. The van der Waals surface area contributed by atoms with Crippen LogP contribution in [0.1, 0.15) is 43.0 Å². The number of methoxy groups -OCH3 is 1. The van der Waals surface area contributed by atoms with Gasteiger partial charge in [-0.05, 0) is 74.6 Å². The molecule has 0 aliphatic rings. The van der Waals surface area contributed by atoms with Gasteiger partial charge in [-0.3, -0.25) is 9.69 Å². The first-order chi connectivity index (χ1) is 20.9. The molecule has 3 aromatic carbocycles. The van der Waals surface area contributed by atoms with Crippen molar-refractivity contribution in [3.8, 4) is 5.75 Å². The Balaban J connectivity index is 1.62. The van der Waals surface area contributed by atoms with Gasteiger partial charge in [0.25, 0.3) is 6.01 Å². The molecule has 10 nitrogen and oxygen atoms in total. The third-order valence-electron chi connectivity index (χ3n) is 7.69. The van der Waals surface area contributed by atoms with Crippen LogP contribution in [0.15, 0.2) is 75.9 Å². The molecule has 2 amide bonds. The number of benzene rings is 3. The molecule has 2 N–H and O–H groups in total. The summed E-state index contributed by atoms with van der Waals surface area (Å²) in [4.78, 5) is 46.4. The molecule has 0 aliphatic heterocycles. The summed E-state index contributed by atoms with van der Waals surface area (Å²) in [6, 6.07) is 20.0. The van der Waals surface area contributed by atoms with Crippen LogP contribution in [0.3, 0.4) is 0 Å². The number of amides is 2. The van der Waals surface area contributed by atoms with Gasteiger partial charge in [-0.15, -0.1) is 0 Å². The van der Waals surface area contributed by atoms with E-state index in [2.05, 4.69) is 10.3 Å². The van der Waals surface area contributed by atoms with Crippen LogP contribution in [0.25, 0.3) is 10.9 Å². The maximum atomic E-state index is 13.7.